The van der Waals surface area contributed by atoms with Crippen LogP contribution in [0.5, 0.6) is 0 Å². The number of nitrogens with zero attached hydrogens (tertiary/aromatic N) is 2. The smallest absolute Gasteiger partial charge is 0.0890 e. The highest BCUT2D eigenvalue weighted by atomic mass is 32.2. The summed E-state index contributed by atoms with van der Waals surface area (Å²) in [5.41, 5.74) is 2.85. The molecule has 2 rings (SSSR count). The first-order chi connectivity index (χ1) is 8.90. The van der Waals surface area contributed by atoms with Crippen molar-refractivity contribution in [2.75, 3.05) is 18.1 Å². The molecule has 2 aromatic rings. The van der Waals surface area contributed by atoms with Crippen LogP contribution in [0.25, 0.3) is 11.0 Å². The molecule has 3 nitrogen and oxygen atoms in total. The Labute approximate surface area is 111 Å². The molecule has 1 heterocycles. The average molecular weight is 257 g/mol. The van der Waals surface area contributed by atoms with Crippen molar-refractivity contribution in [3.8, 4) is 12.3 Å². The van der Waals surface area contributed by atoms with Gasteiger partial charge >= 0.3 is 0 Å². The third kappa shape index (κ3) is 3.73. The summed E-state index contributed by atoms with van der Waals surface area (Å²) in [6, 6.07) is 7.90. The monoisotopic (exact) mass is 257 g/mol. The highest BCUT2D eigenvalue weighted by Gasteiger charge is 1.98. The maximum absolute atomic E-state index is 5.18. The van der Waals surface area contributed by atoms with E-state index in [1.54, 1.807) is 11.8 Å². The first kappa shape index (κ1) is 12.9. The minimum Gasteiger partial charge on any atom is -0.310 e. The van der Waals surface area contributed by atoms with Crippen molar-refractivity contribution in [2.45, 2.75) is 6.54 Å². The first-order valence-corrected chi connectivity index (χ1v) is 6.98. The van der Waals surface area contributed by atoms with E-state index in [0.717, 1.165) is 41.3 Å². The van der Waals surface area contributed by atoms with Crippen molar-refractivity contribution in [1.82, 2.24) is 15.3 Å². The number of para-hydroxylation sites is 2. The van der Waals surface area contributed by atoms with Gasteiger partial charge in [0, 0.05) is 18.8 Å². The van der Waals surface area contributed by atoms with Crippen molar-refractivity contribution in [3.05, 3.63) is 36.2 Å². The minimum absolute atomic E-state index is 0.744. The van der Waals surface area contributed by atoms with Gasteiger partial charge in [0.2, 0.25) is 0 Å². The van der Waals surface area contributed by atoms with Crippen LogP contribution in [0.3, 0.4) is 0 Å². The van der Waals surface area contributed by atoms with Crippen LogP contribution in [0.2, 0.25) is 0 Å². The summed E-state index contributed by atoms with van der Waals surface area (Å²) in [6.45, 7) is 1.68. The van der Waals surface area contributed by atoms with Gasteiger partial charge in [-0.3, -0.25) is 4.98 Å². The van der Waals surface area contributed by atoms with Gasteiger partial charge in [0.1, 0.15) is 0 Å². The molecule has 0 bridgehead atoms. The Kier molecular flexibility index (Phi) is 5.00. The highest BCUT2D eigenvalue weighted by molar-refractivity contribution is 7.99. The second kappa shape index (κ2) is 7.00. The summed E-state index contributed by atoms with van der Waals surface area (Å²) in [5.74, 6) is 4.40. The molecule has 0 saturated carbocycles. The van der Waals surface area contributed by atoms with Gasteiger partial charge in [-0.2, -0.15) is 0 Å². The van der Waals surface area contributed by atoms with E-state index in [0.29, 0.717) is 0 Å². The molecule has 0 aliphatic heterocycles. The number of fused-ring (bicyclic) bond motifs is 1. The molecule has 92 valence electrons. The second-order valence-corrected chi connectivity index (χ2v) is 4.89. The van der Waals surface area contributed by atoms with E-state index in [1.165, 1.54) is 0 Å². The van der Waals surface area contributed by atoms with E-state index in [-0.39, 0.29) is 0 Å². The SMILES string of the molecule is C#CCSCCNCc1cnc2ccccc2n1. The topological polar surface area (TPSA) is 37.8 Å². The van der Waals surface area contributed by atoms with Gasteiger partial charge in [0.05, 0.1) is 28.7 Å². The number of rotatable bonds is 6. The molecule has 1 aromatic carbocycles. The number of benzene rings is 1. The van der Waals surface area contributed by atoms with E-state index in [4.69, 9.17) is 6.42 Å². The van der Waals surface area contributed by atoms with Crippen LogP contribution in [-0.4, -0.2) is 28.0 Å². The van der Waals surface area contributed by atoms with Gasteiger partial charge < -0.3 is 5.32 Å². The van der Waals surface area contributed by atoms with E-state index >= 15 is 0 Å². The largest absolute Gasteiger partial charge is 0.310 e. The number of hydrogen-bond acceptors (Lipinski definition) is 4. The van der Waals surface area contributed by atoms with E-state index in [2.05, 4.69) is 21.2 Å². The van der Waals surface area contributed by atoms with Crippen LogP contribution in [0.4, 0.5) is 0 Å². The molecular weight excluding hydrogens is 242 g/mol. The molecule has 0 aliphatic rings. The number of thioether (sulfide) groups is 1. The molecular formula is C14H15N3S. The van der Waals surface area contributed by atoms with Gasteiger partial charge in [-0.15, -0.1) is 18.2 Å². The lowest BCUT2D eigenvalue weighted by Crippen LogP contribution is -2.17. The van der Waals surface area contributed by atoms with Gasteiger partial charge in [0.15, 0.2) is 0 Å². The Morgan fingerprint density at radius 1 is 1.28 bits per heavy atom. The lowest BCUT2D eigenvalue weighted by molar-refractivity contribution is 0.715. The zero-order chi connectivity index (χ0) is 12.6. The number of aromatic nitrogens is 2. The van der Waals surface area contributed by atoms with Crippen molar-refractivity contribution in [2.24, 2.45) is 0 Å². The van der Waals surface area contributed by atoms with Gasteiger partial charge in [-0.05, 0) is 12.1 Å². The van der Waals surface area contributed by atoms with E-state index in [9.17, 15) is 0 Å². The fourth-order valence-corrected chi connectivity index (χ4v) is 2.12. The Hall–Kier alpha value is -1.57. The van der Waals surface area contributed by atoms with E-state index in [1.807, 2.05) is 30.5 Å². The quantitative estimate of drug-likeness (QED) is 0.635. The summed E-state index contributed by atoms with van der Waals surface area (Å²) < 4.78 is 0. The fourth-order valence-electron chi connectivity index (χ4n) is 1.57. The third-order valence-corrected chi connectivity index (χ3v) is 3.28. The second-order valence-electron chi connectivity index (χ2n) is 3.78. The molecule has 0 amide bonds. The Balaban J connectivity index is 1.83. The van der Waals surface area contributed by atoms with Gasteiger partial charge in [-0.25, -0.2) is 4.98 Å². The lowest BCUT2D eigenvalue weighted by atomic mass is 10.3. The summed E-state index contributed by atoms with van der Waals surface area (Å²) in [7, 11) is 0. The molecule has 18 heavy (non-hydrogen) atoms. The summed E-state index contributed by atoms with van der Waals surface area (Å²) in [4.78, 5) is 8.92. The van der Waals surface area contributed by atoms with Crippen molar-refractivity contribution in [1.29, 1.82) is 0 Å². The predicted octanol–water partition coefficient (Wildman–Crippen LogP) is 2.09. The van der Waals surface area contributed by atoms with Crippen LogP contribution in [-0.2, 0) is 6.54 Å². The van der Waals surface area contributed by atoms with Gasteiger partial charge in [0.25, 0.3) is 0 Å². The van der Waals surface area contributed by atoms with Crippen LogP contribution in [0.15, 0.2) is 30.5 Å². The average Bonchev–Trinajstić information content (AvgIpc) is 2.42. The Bertz CT molecular complexity index is 548. The number of terminal acetylenes is 1. The van der Waals surface area contributed by atoms with Gasteiger partial charge in [-0.1, -0.05) is 18.1 Å². The molecule has 0 atom stereocenters. The fraction of sp³-hybridized carbons (Fsp3) is 0.286. The maximum Gasteiger partial charge on any atom is 0.0890 e. The number of nitrogens with one attached hydrogen (secondary N) is 1. The Morgan fingerprint density at radius 2 is 2.11 bits per heavy atom. The molecule has 1 aromatic heterocycles. The van der Waals surface area contributed by atoms with Crippen molar-refractivity contribution >= 4 is 22.8 Å². The lowest BCUT2D eigenvalue weighted by Gasteiger charge is -2.04. The molecule has 0 spiro atoms. The standard InChI is InChI=1S/C14H15N3S/c1-2-8-18-9-7-15-10-12-11-16-13-5-3-4-6-14(13)17-12/h1,3-6,11,15H,7-10H2. The predicted molar refractivity (Wildman–Crippen MR) is 77.4 cm³/mol. The normalized spacial score (nSPS) is 10.4. The zero-order valence-electron chi connectivity index (χ0n) is 10.1. The summed E-state index contributed by atoms with van der Waals surface area (Å²) in [5, 5.41) is 3.33. The molecule has 0 radical (unpaired) electrons. The molecule has 0 aliphatic carbocycles. The Morgan fingerprint density at radius 3 is 2.94 bits per heavy atom. The maximum atomic E-state index is 5.18. The minimum atomic E-state index is 0.744. The van der Waals surface area contributed by atoms with Crippen LogP contribution < -0.4 is 5.32 Å². The number of hydrogen-bond donors (Lipinski definition) is 1. The summed E-state index contributed by atoms with van der Waals surface area (Å²) in [6.07, 6.45) is 7.00. The first-order valence-electron chi connectivity index (χ1n) is 5.83. The molecule has 0 unspecified atom stereocenters. The van der Waals surface area contributed by atoms with Crippen molar-refractivity contribution < 1.29 is 0 Å². The molecule has 0 saturated heterocycles. The molecule has 0 fully saturated rings. The van der Waals surface area contributed by atoms with Crippen LogP contribution in [0.1, 0.15) is 5.69 Å². The molecule has 1 N–H and O–H groups in total. The third-order valence-electron chi connectivity index (χ3n) is 2.41. The highest BCUT2D eigenvalue weighted by Crippen LogP contribution is 2.08. The van der Waals surface area contributed by atoms with E-state index < -0.39 is 0 Å². The summed E-state index contributed by atoms with van der Waals surface area (Å²) >= 11 is 1.76. The van der Waals surface area contributed by atoms with Crippen molar-refractivity contribution in [3.63, 3.8) is 0 Å². The van der Waals surface area contributed by atoms with Crippen LogP contribution in [0, 0.1) is 12.3 Å². The molecule has 4 heteroatoms. The zero-order valence-corrected chi connectivity index (χ0v) is 10.9. The van der Waals surface area contributed by atoms with Crippen LogP contribution >= 0.6 is 11.8 Å².